The number of carbonyl (C=O) groups excluding carboxylic acids is 3. The molecule has 0 bridgehead atoms. The lowest BCUT2D eigenvalue weighted by atomic mass is 10.0. The summed E-state index contributed by atoms with van der Waals surface area (Å²) in [7, 11) is 0. The van der Waals surface area contributed by atoms with Crippen LogP contribution >= 0.6 is 0 Å². The van der Waals surface area contributed by atoms with Crippen LogP contribution < -0.4 is 21.7 Å². The zero-order valence-corrected chi connectivity index (χ0v) is 19.5. The molecule has 2 aromatic heterocycles. The number of hydrogen-bond donors (Lipinski definition) is 8. The molecule has 3 rings (SSSR count). The Bertz CT molecular complexity index is 1210. The first-order chi connectivity index (χ1) is 17.2. The van der Waals surface area contributed by atoms with E-state index in [9.17, 15) is 29.4 Å². The Kier molecular flexibility index (Phi) is 8.76. The second-order valence-electron chi connectivity index (χ2n) is 8.34. The highest BCUT2D eigenvalue weighted by atomic mass is 16.4. The van der Waals surface area contributed by atoms with Gasteiger partial charge >= 0.3 is 5.97 Å². The molecule has 4 unspecified atom stereocenters. The molecule has 4 atom stereocenters. The SMILES string of the molecule is CC(N)C(=O)NC(CO)C(=O)NC(Cc1cnc[nH]1)C(=O)NC(Cc1c[nH]c2ccccc12)C(=O)O. The number of H-pyrrole nitrogens is 2. The molecule has 192 valence electrons. The number of rotatable bonds is 12. The minimum absolute atomic E-state index is 0.000475. The quantitative estimate of drug-likeness (QED) is 0.147. The summed E-state index contributed by atoms with van der Waals surface area (Å²) in [5.41, 5.74) is 7.52. The van der Waals surface area contributed by atoms with Gasteiger partial charge in [0.05, 0.1) is 19.0 Å². The predicted octanol–water partition coefficient (Wildman–Crippen LogP) is -1.45. The van der Waals surface area contributed by atoms with Crippen molar-refractivity contribution >= 4 is 34.6 Å². The zero-order valence-electron chi connectivity index (χ0n) is 19.5. The van der Waals surface area contributed by atoms with Gasteiger partial charge in [0, 0.05) is 41.8 Å². The van der Waals surface area contributed by atoms with Crippen molar-refractivity contribution in [1.82, 2.24) is 30.9 Å². The first kappa shape index (κ1) is 26.4. The summed E-state index contributed by atoms with van der Waals surface area (Å²) >= 11 is 0. The second-order valence-corrected chi connectivity index (χ2v) is 8.34. The van der Waals surface area contributed by atoms with Crippen LogP contribution in [0.3, 0.4) is 0 Å². The van der Waals surface area contributed by atoms with E-state index in [4.69, 9.17) is 5.73 Å². The van der Waals surface area contributed by atoms with Crippen molar-refractivity contribution in [3.63, 3.8) is 0 Å². The molecule has 0 aliphatic heterocycles. The molecule has 3 aromatic rings. The number of imidazole rings is 1. The fourth-order valence-electron chi connectivity index (χ4n) is 3.59. The fraction of sp³-hybridized carbons (Fsp3) is 0.348. The van der Waals surface area contributed by atoms with Crippen LogP contribution in [0.25, 0.3) is 10.9 Å². The van der Waals surface area contributed by atoms with Crippen LogP contribution in [0.4, 0.5) is 0 Å². The molecule has 0 aliphatic carbocycles. The van der Waals surface area contributed by atoms with Crippen molar-refractivity contribution < 1.29 is 29.4 Å². The monoisotopic (exact) mass is 499 g/mol. The van der Waals surface area contributed by atoms with Crippen molar-refractivity contribution in [2.24, 2.45) is 5.73 Å². The predicted molar refractivity (Wildman–Crippen MR) is 128 cm³/mol. The number of carboxylic acids is 1. The smallest absolute Gasteiger partial charge is 0.326 e. The maximum absolute atomic E-state index is 13.2. The van der Waals surface area contributed by atoms with Crippen LogP contribution in [0.1, 0.15) is 18.2 Å². The van der Waals surface area contributed by atoms with E-state index in [0.29, 0.717) is 11.3 Å². The molecule has 0 saturated carbocycles. The van der Waals surface area contributed by atoms with E-state index in [0.717, 1.165) is 10.9 Å². The Morgan fingerprint density at radius 1 is 0.972 bits per heavy atom. The van der Waals surface area contributed by atoms with Gasteiger partial charge < -0.3 is 41.9 Å². The normalized spacial score (nSPS) is 14.4. The van der Waals surface area contributed by atoms with Crippen molar-refractivity contribution in [2.45, 2.75) is 43.9 Å². The summed E-state index contributed by atoms with van der Waals surface area (Å²) < 4.78 is 0. The number of aromatic nitrogens is 3. The minimum atomic E-state index is -1.36. The van der Waals surface area contributed by atoms with Gasteiger partial charge in [-0.2, -0.15) is 0 Å². The zero-order chi connectivity index (χ0) is 26.2. The Hall–Kier alpha value is -4.23. The number of nitrogens with zero attached hydrogens (tertiary/aromatic N) is 1. The van der Waals surface area contributed by atoms with Crippen LogP contribution in [0.2, 0.25) is 0 Å². The summed E-state index contributed by atoms with van der Waals surface area (Å²) in [5, 5.41) is 27.4. The first-order valence-electron chi connectivity index (χ1n) is 11.2. The Balaban J connectivity index is 1.76. The van der Waals surface area contributed by atoms with Gasteiger partial charge in [-0.3, -0.25) is 14.4 Å². The molecule has 0 saturated heterocycles. The van der Waals surface area contributed by atoms with Crippen LogP contribution in [-0.2, 0) is 32.0 Å². The van der Waals surface area contributed by atoms with Gasteiger partial charge in [0.2, 0.25) is 17.7 Å². The van der Waals surface area contributed by atoms with Crippen LogP contribution in [-0.4, -0.2) is 79.6 Å². The van der Waals surface area contributed by atoms with E-state index in [1.54, 1.807) is 6.20 Å². The molecule has 13 heteroatoms. The van der Waals surface area contributed by atoms with E-state index in [1.165, 1.54) is 19.4 Å². The van der Waals surface area contributed by atoms with Gasteiger partial charge in [-0.15, -0.1) is 0 Å². The van der Waals surface area contributed by atoms with Crippen molar-refractivity contribution in [3.05, 3.63) is 54.2 Å². The van der Waals surface area contributed by atoms with Crippen molar-refractivity contribution in [1.29, 1.82) is 0 Å². The molecule has 0 spiro atoms. The van der Waals surface area contributed by atoms with E-state index >= 15 is 0 Å². The van der Waals surface area contributed by atoms with Gasteiger partial charge in [-0.1, -0.05) is 18.2 Å². The number of aromatic amines is 2. The Morgan fingerprint density at radius 3 is 2.28 bits per heavy atom. The lowest BCUT2D eigenvalue weighted by molar-refractivity contribution is -0.142. The molecule has 9 N–H and O–H groups in total. The van der Waals surface area contributed by atoms with Gasteiger partial charge in [0.1, 0.15) is 18.1 Å². The molecular weight excluding hydrogens is 470 g/mol. The van der Waals surface area contributed by atoms with Gasteiger partial charge in [-0.25, -0.2) is 9.78 Å². The fourth-order valence-corrected chi connectivity index (χ4v) is 3.59. The number of aliphatic hydroxyl groups excluding tert-OH is 1. The number of para-hydroxylation sites is 1. The number of benzene rings is 1. The van der Waals surface area contributed by atoms with Crippen molar-refractivity contribution in [3.8, 4) is 0 Å². The molecule has 0 fully saturated rings. The molecule has 1 aromatic carbocycles. The lowest BCUT2D eigenvalue weighted by Crippen LogP contribution is -2.58. The summed E-state index contributed by atoms with van der Waals surface area (Å²) in [6, 6.07) is 2.57. The highest BCUT2D eigenvalue weighted by Crippen LogP contribution is 2.19. The summed E-state index contributed by atoms with van der Waals surface area (Å²) in [6.07, 6.45) is 4.48. The van der Waals surface area contributed by atoms with Gasteiger partial charge in [-0.05, 0) is 18.6 Å². The largest absolute Gasteiger partial charge is 0.480 e. The number of nitrogens with one attached hydrogen (secondary N) is 5. The number of aliphatic hydroxyl groups is 1. The third-order valence-electron chi connectivity index (χ3n) is 5.55. The second kappa shape index (κ2) is 12.0. The molecule has 13 nitrogen and oxygen atoms in total. The summed E-state index contributed by atoms with van der Waals surface area (Å²) in [6.45, 7) is 0.677. The van der Waals surface area contributed by atoms with Crippen LogP contribution in [0.5, 0.6) is 0 Å². The molecule has 0 aliphatic rings. The number of amides is 3. The van der Waals surface area contributed by atoms with E-state index in [1.807, 2.05) is 24.3 Å². The highest BCUT2D eigenvalue weighted by Gasteiger charge is 2.30. The topological polar surface area (TPSA) is 215 Å². The molecule has 36 heavy (non-hydrogen) atoms. The van der Waals surface area contributed by atoms with E-state index in [-0.39, 0.29) is 12.8 Å². The number of carbonyl (C=O) groups is 4. The number of carboxylic acid groups (broad SMARTS) is 1. The Morgan fingerprint density at radius 2 is 1.64 bits per heavy atom. The maximum atomic E-state index is 13.2. The average Bonchev–Trinajstić information content (AvgIpc) is 3.51. The minimum Gasteiger partial charge on any atom is -0.480 e. The third kappa shape index (κ3) is 6.67. The molecule has 2 heterocycles. The highest BCUT2D eigenvalue weighted by molar-refractivity contribution is 5.94. The third-order valence-corrected chi connectivity index (χ3v) is 5.55. The summed E-state index contributed by atoms with van der Waals surface area (Å²) in [4.78, 5) is 59.5. The average molecular weight is 500 g/mol. The number of fused-ring (bicyclic) bond motifs is 1. The van der Waals surface area contributed by atoms with Gasteiger partial charge in [0.25, 0.3) is 0 Å². The van der Waals surface area contributed by atoms with E-state index < -0.39 is 54.5 Å². The standard InChI is InChI=1S/C23H29N7O6/c1-12(24)20(32)30-19(10-31)22(34)28-17(7-14-9-25-11-27-14)21(33)29-18(23(35)36)6-13-8-26-16-5-3-2-4-15(13)16/h2-5,8-9,11-12,17-19,26,31H,6-7,10,24H2,1H3,(H,25,27)(H,28,34)(H,29,33)(H,30,32)(H,35,36). The van der Waals surface area contributed by atoms with Crippen molar-refractivity contribution in [2.75, 3.05) is 6.61 Å². The Labute approximate surface area is 205 Å². The number of nitrogens with two attached hydrogens (primary N) is 1. The maximum Gasteiger partial charge on any atom is 0.326 e. The number of hydrogen-bond acceptors (Lipinski definition) is 7. The molecular formula is C23H29N7O6. The number of aliphatic carboxylic acids is 1. The van der Waals surface area contributed by atoms with Gasteiger partial charge in [0.15, 0.2) is 0 Å². The molecule has 0 radical (unpaired) electrons. The lowest BCUT2D eigenvalue weighted by Gasteiger charge is -2.24. The molecule has 3 amide bonds. The van der Waals surface area contributed by atoms with Crippen LogP contribution in [0.15, 0.2) is 43.0 Å². The van der Waals surface area contributed by atoms with E-state index in [2.05, 4.69) is 30.9 Å². The van der Waals surface area contributed by atoms with Crippen LogP contribution in [0, 0.1) is 0 Å². The first-order valence-corrected chi connectivity index (χ1v) is 11.2. The summed E-state index contributed by atoms with van der Waals surface area (Å²) in [5.74, 6) is -3.52.